The quantitative estimate of drug-likeness (QED) is 0.917. The van der Waals surface area contributed by atoms with E-state index in [-0.39, 0.29) is 6.54 Å². The van der Waals surface area contributed by atoms with Crippen molar-refractivity contribution in [2.75, 3.05) is 0 Å². The molecule has 0 radical (unpaired) electrons. The van der Waals surface area contributed by atoms with Crippen LogP contribution in [0.15, 0.2) is 35.4 Å². The van der Waals surface area contributed by atoms with Gasteiger partial charge in [-0.25, -0.2) is 13.1 Å². The molecule has 0 atom stereocenters. The summed E-state index contributed by atoms with van der Waals surface area (Å²) in [6.45, 7) is 6.78. The minimum absolute atomic E-state index is 0.239. The van der Waals surface area contributed by atoms with Gasteiger partial charge in [-0.05, 0) is 50.1 Å². The van der Waals surface area contributed by atoms with Crippen molar-refractivity contribution in [3.8, 4) is 0 Å². The van der Waals surface area contributed by atoms with E-state index in [0.29, 0.717) is 11.4 Å². The molecule has 0 aliphatic heterocycles. The number of hydrogen-bond donors (Lipinski definition) is 1. The lowest BCUT2D eigenvalue weighted by molar-refractivity contribution is 0.570. The molecule has 5 nitrogen and oxygen atoms in total. The van der Waals surface area contributed by atoms with E-state index in [0.717, 1.165) is 16.8 Å². The van der Waals surface area contributed by atoms with Crippen molar-refractivity contribution < 1.29 is 8.42 Å². The molecule has 0 fully saturated rings. The summed E-state index contributed by atoms with van der Waals surface area (Å²) in [5.74, 6) is 0. The lowest BCUT2D eigenvalue weighted by atomic mass is 10.1. The highest BCUT2D eigenvalue weighted by molar-refractivity contribution is 7.89. The Hall–Kier alpha value is -1.66. The van der Waals surface area contributed by atoms with E-state index in [2.05, 4.69) is 9.82 Å². The molecule has 0 unspecified atom stereocenters. The summed E-state index contributed by atoms with van der Waals surface area (Å²) in [6, 6.07) is 6.95. The molecular weight excluding hydrogens is 274 g/mol. The van der Waals surface area contributed by atoms with E-state index in [1.165, 1.54) is 0 Å². The van der Waals surface area contributed by atoms with Crippen LogP contribution in [-0.2, 0) is 23.1 Å². The van der Waals surface area contributed by atoms with Crippen molar-refractivity contribution in [2.24, 2.45) is 0 Å². The Morgan fingerprint density at radius 1 is 1.20 bits per heavy atom. The fourth-order valence-electron chi connectivity index (χ4n) is 1.93. The highest BCUT2D eigenvalue weighted by Crippen LogP contribution is 2.15. The van der Waals surface area contributed by atoms with E-state index in [1.54, 1.807) is 23.0 Å². The first-order valence-corrected chi connectivity index (χ1v) is 8.00. The molecule has 20 heavy (non-hydrogen) atoms. The van der Waals surface area contributed by atoms with Crippen molar-refractivity contribution in [1.82, 2.24) is 14.5 Å². The van der Waals surface area contributed by atoms with Crippen LogP contribution in [0, 0.1) is 13.8 Å². The van der Waals surface area contributed by atoms with Gasteiger partial charge < -0.3 is 0 Å². The molecule has 0 bridgehead atoms. The Labute approximate surface area is 119 Å². The maximum absolute atomic E-state index is 12.2. The molecule has 1 aromatic carbocycles. The number of sulfonamides is 1. The molecule has 1 heterocycles. The Balaban J connectivity index is 2.17. The number of nitrogens with zero attached hydrogens (tertiary/aromatic N) is 2. The first kappa shape index (κ1) is 14.7. The third-order valence-electron chi connectivity index (χ3n) is 3.34. The molecule has 0 saturated heterocycles. The summed E-state index contributed by atoms with van der Waals surface area (Å²) >= 11 is 0. The van der Waals surface area contributed by atoms with Crippen LogP contribution in [0.5, 0.6) is 0 Å². The maximum Gasteiger partial charge on any atom is 0.240 e. The summed E-state index contributed by atoms with van der Waals surface area (Å²) in [6.07, 6.45) is 1.67. The molecule has 0 saturated carbocycles. The van der Waals surface area contributed by atoms with Crippen molar-refractivity contribution in [3.05, 3.63) is 47.3 Å². The fraction of sp³-hybridized carbons (Fsp3) is 0.357. The smallest absolute Gasteiger partial charge is 0.240 e. The third kappa shape index (κ3) is 3.08. The lowest BCUT2D eigenvalue weighted by Gasteiger charge is -2.09. The van der Waals surface area contributed by atoms with Gasteiger partial charge >= 0.3 is 0 Å². The van der Waals surface area contributed by atoms with E-state index >= 15 is 0 Å². The molecule has 2 aromatic rings. The van der Waals surface area contributed by atoms with Gasteiger partial charge in [-0.15, -0.1) is 0 Å². The zero-order valence-corrected chi connectivity index (χ0v) is 12.7. The number of aryl methyl sites for hydroxylation is 3. The molecule has 0 amide bonds. The molecule has 1 aromatic heterocycles. The average molecular weight is 293 g/mol. The predicted octanol–water partition coefficient (Wildman–Crippen LogP) is 2.00. The van der Waals surface area contributed by atoms with E-state index in [4.69, 9.17) is 0 Å². The van der Waals surface area contributed by atoms with Gasteiger partial charge in [-0.3, -0.25) is 4.68 Å². The predicted molar refractivity (Wildman–Crippen MR) is 77.8 cm³/mol. The number of aromatic nitrogens is 2. The summed E-state index contributed by atoms with van der Waals surface area (Å²) < 4.78 is 28.9. The van der Waals surface area contributed by atoms with Gasteiger partial charge in [-0.1, -0.05) is 6.07 Å². The number of hydrogen-bond acceptors (Lipinski definition) is 3. The molecular formula is C14H19N3O2S. The summed E-state index contributed by atoms with van der Waals surface area (Å²) in [4.78, 5) is 0.295. The zero-order chi connectivity index (χ0) is 14.8. The first-order valence-electron chi connectivity index (χ1n) is 6.51. The molecule has 0 spiro atoms. The molecule has 1 N–H and O–H groups in total. The highest BCUT2D eigenvalue weighted by Gasteiger charge is 2.15. The van der Waals surface area contributed by atoms with Gasteiger partial charge in [0.15, 0.2) is 0 Å². The van der Waals surface area contributed by atoms with E-state index in [1.807, 2.05) is 32.9 Å². The number of benzene rings is 1. The number of rotatable bonds is 5. The van der Waals surface area contributed by atoms with Gasteiger partial charge in [0, 0.05) is 12.7 Å². The Bertz CT molecular complexity index is 705. The highest BCUT2D eigenvalue weighted by atomic mass is 32.2. The Morgan fingerprint density at radius 2 is 1.95 bits per heavy atom. The van der Waals surface area contributed by atoms with Crippen LogP contribution in [0.4, 0.5) is 0 Å². The van der Waals surface area contributed by atoms with Crippen LogP contribution >= 0.6 is 0 Å². The minimum atomic E-state index is -3.49. The Morgan fingerprint density at radius 3 is 2.60 bits per heavy atom. The van der Waals surface area contributed by atoms with Crippen molar-refractivity contribution in [1.29, 1.82) is 0 Å². The second-order valence-electron chi connectivity index (χ2n) is 4.71. The van der Waals surface area contributed by atoms with E-state index < -0.39 is 10.0 Å². The molecule has 0 aliphatic carbocycles. The molecule has 0 aliphatic rings. The third-order valence-corrected chi connectivity index (χ3v) is 4.73. The maximum atomic E-state index is 12.2. The average Bonchev–Trinajstić information content (AvgIpc) is 2.87. The van der Waals surface area contributed by atoms with Crippen LogP contribution in [0.1, 0.15) is 23.7 Å². The molecule has 6 heteroatoms. The minimum Gasteiger partial charge on any atom is -0.269 e. The normalized spacial score (nSPS) is 11.8. The second kappa shape index (κ2) is 5.76. The number of nitrogens with one attached hydrogen (secondary N) is 1. The summed E-state index contributed by atoms with van der Waals surface area (Å²) in [5, 5.41) is 4.12. The second-order valence-corrected chi connectivity index (χ2v) is 6.48. The van der Waals surface area contributed by atoms with Crippen molar-refractivity contribution in [2.45, 2.75) is 38.8 Å². The molecule has 108 valence electrons. The lowest BCUT2D eigenvalue weighted by Crippen LogP contribution is -2.24. The summed E-state index contributed by atoms with van der Waals surface area (Å²) in [7, 11) is -3.49. The van der Waals surface area contributed by atoms with E-state index in [9.17, 15) is 8.42 Å². The Kier molecular flexibility index (Phi) is 4.25. The van der Waals surface area contributed by atoms with Crippen LogP contribution in [-0.4, -0.2) is 18.2 Å². The zero-order valence-electron chi connectivity index (χ0n) is 11.9. The van der Waals surface area contributed by atoms with Gasteiger partial charge in [0.2, 0.25) is 10.0 Å². The molecule has 2 rings (SSSR count). The summed E-state index contributed by atoms with van der Waals surface area (Å²) in [5.41, 5.74) is 2.89. The van der Waals surface area contributed by atoms with Gasteiger partial charge in [0.05, 0.1) is 17.1 Å². The monoisotopic (exact) mass is 293 g/mol. The van der Waals surface area contributed by atoms with Gasteiger partial charge in [0.25, 0.3) is 0 Å². The van der Waals surface area contributed by atoms with Gasteiger partial charge in [-0.2, -0.15) is 5.10 Å². The first-order chi connectivity index (χ1) is 9.44. The largest absolute Gasteiger partial charge is 0.269 e. The van der Waals surface area contributed by atoms with Crippen LogP contribution in [0.3, 0.4) is 0 Å². The van der Waals surface area contributed by atoms with Crippen LogP contribution < -0.4 is 4.72 Å². The standard InChI is InChI=1S/C14H19N3O2S/c1-4-17-13(7-8-15-17)10-16-20(18,19)14-6-5-11(2)12(3)9-14/h5-9,16H,4,10H2,1-3H3. The van der Waals surface area contributed by atoms with Crippen LogP contribution in [0.2, 0.25) is 0 Å². The van der Waals surface area contributed by atoms with Crippen molar-refractivity contribution in [3.63, 3.8) is 0 Å². The fourth-order valence-corrected chi connectivity index (χ4v) is 3.01. The van der Waals surface area contributed by atoms with Gasteiger partial charge in [0.1, 0.15) is 0 Å². The van der Waals surface area contributed by atoms with Crippen molar-refractivity contribution >= 4 is 10.0 Å². The SMILES string of the molecule is CCn1nccc1CNS(=O)(=O)c1ccc(C)c(C)c1. The van der Waals surface area contributed by atoms with Crippen LogP contribution in [0.25, 0.3) is 0 Å². The topological polar surface area (TPSA) is 64.0 Å².